The lowest BCUT2D eigenvalue weighted by atomic mass is 10.0. The van der Waals surface area contributed by atoms with E-state index in [0.29, 0.717) is 18.1 Å². The zero-order valence-electron chi connectivity index (χ0n) is 21.2. The molecule has 2 N–H and O–H groups in total. The van der Waals surface area contributed by atoms with Gasteiger partial charge in [0.05, 0.1) is 0 Å². The lowest BCUT2D eigenvalue weighted by molar-refractivity contribution is -0.274. The third kappa shape index (κ3) is 7.39. The van der Waals surface area contributed by atoms with E-state index in [1.165, 1.54) is 13.2 Å². The molecule has 3 amide bonds. The van der Waals surface area contributed by atoms with E-state index in [9.17, 15) is 40.0 Å². The second-order valence-corrected chi connectivity index (χ2v) is 10.5. The number of nitrogens with one attached hydrogen (secondary N) is 2. The number of hydrogen-bond acceptors (Lipinski definition) is 6. The van der Waals surface area contributed by atoms with Crippen LogP contribution >= 0.6 is 0 Å². The molecular formula is C25H22F5N5O5S. The molecule has 1 atom stereocenters. The molecule has 1 aromatic heterocycles. The molecule has 0 bridgehead atoms. The van der Waals surface area contributed by atoms with Crippen molar-refractivity contribution >= 4 is 33.7 Å². The van der Waals surface area contributed by atoms with E-state index in [-0.39, 0.29) is 23.6 Å². The number of aromatic nitrogens is 1. The number of fused-ring (bicyclic) bond motifs is 1. The molecule has 41 heavy (non-hydrogen) atoms. The summed E-state index contributed by atoms with van der Waals surface area (Å²) in [7, 11) is -3.22. The number of carbonyl (C=O) groups excluding carboxylic acids is 2. The Morgan fingerprint density at radius 2 is 1.76 bits per heavy atom. The number of rotatable bonds is 8. The first-order chi connectivity index (χ1) is 19.2. The molecule has 1 aliphatic heterocycles. The van der Waals surface area contributed by atoms with Crippen LogP contribution in [0.4, 0.5) is 38.3 Å². The number of pyridine rings is 1. The highest BCUT2D eigenvalue weighted by Crippen LogP contribution is 2.27. The maximum Gasteiger partial charge on any atom is 0.573 e. The van der Waals surface area contributed by atoms with Crippen molar-refractivity contribution in [2.24, 2.45) is 0 Å². The van der Waals surface area contributed by atoms with E-state index in [1.807, 2.05) is 4.72 Å². The van der Waals surface area contributed by atoms with Gasteiger partial charge in [0.25, 0.3) is 0 Å². The maximum absolute atomic E-state index is 13.8. The van der Waals surface area contributed by atoms with Crippen LogP contribution in [0.3, 0.4) is 0 Å². The number of anilines is 2. The number of benzene rings is 2. The quantitative estimate of drug-likeness (QED) is 0.383. The summed E-state index contributed by atoms with van der Waals surface area (Å²) in [6.45, 7) is 0.0106. The van der Waals surface area contributed by atoms with Gasteiger partial charge in [0.1, 0.15) is 29.2 Å². The summed E-state index contributed by atoms with van der Waals surface area (Å²) >= 11 is 0. The van der Waals surface area contributed by atoms with Crippen LogP contribution in [0.2, 0.25) is 0 Å². The van der Waals surface area contributed by atoms with E-state index in [0.717, 1.165) is 45.6 Å². The Morgan fingerprint density at radius 3 is 2.39 bits per heavy atom. The Hall–Kier alpha value is -4.47. The second-order valence-electron chi connectivity index (χ2n) is 8.86. The average molecular weight is 600 g/mol. The standard InChI is InChI=1S/C25H22F5N5O5S/c1-34(19-4-6-20(7-5-19)40-25(28,29)30)23(36)21(13-15-11-17(26)14-18(27)12-15)32-24(37)33-41(38,39)35-10-8-16-3-2-9-31-22(16)35/h2-7,9,11-12,14,21H,8,10,13H2,1H3,(H2,32,33,37). The van der Waals surface area contributed by atoms with Crippen molar-refractivity contribution in [3.05, 3.63) is 83.6 Å². The minimum atomic E-state index is -4.93. The van der Waals surface area contributed by atoms with Gasteiger partial charge in [0.2, 0.25) is 5.91 Å². The van der Waals surface area contributed by atoms with Crippen LogP contribution in [0.25, 0.3) is 0 Å². The Bertz CT molecular complexity index is 1530. The van der Waals surface area contributed by atoms with Gasteiger partial charge in [-0.1, -0.05) is 6.07 Å². The topological polar surface area (TPSA) is 121 Å². The summed E-state index contributed by atoms with van der Waals surface area (Å²) in [4.78, 5) is 31.2. The monoisotopic (exact) mass is 599 g/mol. The minimum absolute atomic E-state index is 0.0106. The van der Waals surface area contributed by atoms with Crippen LogP contribution in [0.5, 0.6) is 5.75 Å². The number of hydrogen-bond donors (Lipinski definition) is 2. The van der Waals surface area contributed by atoms with Crippen molar-refractivity contribution in [2.45, 2.75) is 25.2 Å². The number of amides is 3. The number of nitrogens with zero attached hydrogens (tertiary/aromatic N) is 3. The highest BCUT2D eigenvalue weighted by Gasteiger charge is 2.34. The fourth-order valence-electron chi connectivity index (χ4n) is 4.17. The lowest BCUT2D eigenvalue weighted by Gasteiger charge is -2.26. The third-order valence-corrected chi connectivity index (χ3v) is 7.33. The molecule has 2 aromatic carbocycles. The smallest absolute Gasteiger partial charge is 0.406 e. The molecule has 16 heteroatoms. The van der Waals surface area contributed by atoms with Crippen LogP contribution in [0, 0.1) is 11.6 Å². The van der Waals surface area contributed by atoms with E-state index in [4.69, 9.17) is 0 Å². The molecule has 218 valence electrons. The Labute approximate surface area is 230 Å². The lowest BCUT2D eigenvalue weighted by Crippen LogP contribution is -2.54. The maximum atomic E-state index is 13.8. The van der Waals surface area contributed by atoms with Gasteiger partial charge in [0, 0.05) is 38.0 Å². The van der Waals surface area contributed by atoms with Crippen molar-refractivity contribution in [1.82, 2.24) is 15.0 Å². The van der Waals surface area contributed by atoms with Gasteiger partial charge >= 0.3 is 22.6 Å². The van der Waals surface area contributed by atoms with Gasteiger partial charge in [-0.05, 0) is 60.0 Å². The van der Waals surface area contributed by atoms with Crippen molar-refractivity contribution in [2.75, 3.05) is 22.8 Å². The first-order valence-electron chi connectivity index (χ1n) is 11.8. The predicted molar refractivity (Wildman–Crippen MR) is 136 cm³/mol. The number of halogens is 5. The highest BCUT2D eigenvalue weighted by atomic mass is 32.2. The van der Waals surface area contributed by atoms with Crippen molar-refractivity contribution in [3.8, 4) is 5.75 Å². The molecule has 0 spiro atoms. The van der Waals surface area contributed by atoms with Gasteiger partial charge in [0.15, 0.2) is 0 Å². The zero-order chi connectivity index (χ0) is 29.9. The van der Waals surface area contributed by atoms with Crippen molar-refractivity contribution in [1.29, 1.82) is 0 Å². The first-order valence-corrected chi connectivity index (χ1v) is 13.3. The van der Waals surface area contributed by atoms with Gasteiger partial charge in [-0.2, -0.15) is 8.42 Å². The first kappa shape index (κ1) is 29.5. The second kappa shape index (κ2) is 11.6. The number of alkyl halides is 3. The fourth-order valence-corrected chi connectivity index (χ4v) is 5.30. The summed E-state index contributed by atoms with van der Waals surface area (Å²) < 4.78 is 97.4. The van der Waals surface area contributed by atoms with E-state index < -0.39 is 58.4 Å². The van der Waals surface area contributed by atoms with Crippen LogP contribution < -0.4 is 24.0 Å². The predicted octanol–water partition coefficient (Wildman–Crippen LogP) is 3.44. The molecule has 1 aliphatic rings. The molecule has 0 fully saturated rings. The summed E-state index contributed by atoms with van der Waals surface area (Å²) in [6, 6.07) is 7.09. The number of carbonyl (C=O) groups is 2. The summed E-state index contributed by atoms with van der Waals surface area (Å²) in [6.07, 6.45) is -3.65. The highest BCUT2D eigenvalue weighted by molar-refractivity contribution is 7.91. The molecule has 1 unspecified atom stereocenters. The van der Waals surface area contributed by atoms with Crippen LogP contribution in [-0.2, 0) is 27.8 Å². The third-order valence-electron chi connectivity index (χ3n) is 5.95. The van der Waals surface area contributed by atoms with Gasteiger partial charge in [-0.15, -0.1) is 13.2 Å². The van der Waals surface area contributed by atoms with Gasteiger partial charge < -0.3 is 15.0 Å². The average Bonchev–Trinajstić information content (AvgIpc) is 3.31. The van der Waals surface area contributed by atoms with E-state index in [1.54, 1.807) is 12.1 Å². The number of urea groups is 1. The summed E-state index contributed by atoms with van der Waals surface area (Å²) in [5.74, 6) is -3.19. The number of likely N-dealkylation sites (N-methyl/N-ethyl adjacent to an activating group) is 1. The van der Waals surface area contributed by atoms with Gasteiger partial charge in [-0.3, -0.25) is 4.79 Å². The van der Waals surface area contributed by atoms with E-state index >= 15 is 0 Å². The molecule has 0 aliphatic carbocycles. The molecule has 3 aromatic rings. The van der Waals surface area contributed by atoms with Crippen molar-refractivity contribution in [3.63, 3.8) is 0 Å². The largest absolute Gasteiger partial charge is 0.573 e. The minimum Gasteiger partial charge on any atom is -0.406 e. The Kier molecular flexibility index (Phi) is 8.32. The van der Waals surface area contributed by atoms with Crippen LogP contribution in [-0.4, -0.2) is 51.3 Å². The summed E-state index contributed by atoms with van der Waals surface area (Å²) in [5.41, 5.74) is 0.686. The van der Waals surface area contributed by atoms with E-state index in [2.05, 4.69) is 15.0 Å². The normalized spacial score (nSPS) is 13.8. The van der Waals surface area contributed by atoms with Gasteiger partial charge in [-0.25, -0.2) is 27.6 Å². The molecule has 0 saturated heterocycles. The van der Waals surface area contributed by atoms with Crippen molar-refractivity contribution < 1.29 is 44.7 Å². The molecule has 2 heterocycles. The summed E-state index contributed by atoms with van der Waals surface area (Å²) in [5, 5.41) is 2.22. The molecule has 0 saturated carbocycles. The Balaban J connectivity index is 1.54. The van der Waals surface area contributed by atoms with Crippen LogP contribution in [0.1, 0.15) is 11.1 Å². The Morgan fingerprint density at radius 1 is 1.10 bits per heavy atom. The molecular weight excluding hydrogens is 577 g/mol. The zero-order valence-corrected chi connectivity index (χ0v) is 22.0. The molecule has 10 nitrogen and oxygen atoms in total. The number of ether oxygens (including phenoxy) is 1. The molecule has 0 radical (unpaired) electrons. The fraction of sp³-hybridized carbons (Fsp3) is 0.240. The van der Waals surface area contributed by atoms with Crippen LogP contribution in [0.15, 0.2) is 60.8 Å². The molecule has 4 rings (SSSR count). The SMILES string of the molecule is CN(C(=O)C(Cc1cc(F)cc(F)c1)NC(=O)NS(=O)(=O)N1CCc2cccnc21)c1ccc(OC(F)(F)F)cc1.